The van der Waals surface area contributed by atoms with Gasteiger partial charge >= 0.3 is 5.69 Å². The predicted octanol–water partition coefficient (Wildman–Crippen LogP) is -0.886. The van der Waals surface area contributed by atoms with E-state index in [9.17, 15) is 14.4 Å². The molecule has 1 atom stereocenters. The summed E-state index contributed by atoms with van der Waals surface area (Å²) < 4.78 is 2.33. The predicted molar refractivity (Wildman–Crippen MR) is 85.5 cm³/mol. The summed E-state index contributed by atoms with van der Waals surface area (Å²) in [5, 5.41) is 0.351. The molecule has 0 aromatic carbocycles. The molecule has 0 bridgehead atoms. The van der Waals surface area contributed by atoms with Gasteiger partial charge < -0.3 is 10.6 Å². The molecule has 1 fully saturated rings. The monoisotopic (exact) mass is 317 g/mol. The Morgan fingerprint density at radius 1 is 1.30 bits per heavy atom. The van der Waals surface area contributed by atoms with Crippen LogP contribution in [0.5, 0.6) is 0 Å². The molecule has 122 valence electrons. The molecule has 0 saturated carbocycles. The average molecular weight is 317 g/mol. The number of fused-ring (bicyclic) bond motifs is 1. The molecule has 3 rings (SSSR count). The van der Waals surface area contributed by atoms with E-state index < -0.39 is 11.2 Å². The van der Waals surface area contributed by atoms with Crippen LogP contribution >= 0.6 is 0 Å². The molecule has 3 heterocycles. The first kappa shape index (κ1) is 15.4. The molecule has 0 unspecified atom stereocenters. The summed E-state index contributed by atoms with van der Waals surface area (Å²) in [6.45, 7) is 2.82. The molecular weight excluding hydrogens is 298 g/mol. The van der Waals surface area contributed by atoms with Gasteiger partial charge in [-0.15, -0.1) is 0 Å². The summed E-state index contributed by atoms with van der Waals surface area (Å²) in [7, 11) is 2.96. The first-order chi connectivity index (χ1) is 10.8. The Kier molecular flexibility index (Phi) is 3.56. The third-order valence-electron chi connectivity index (χ3n) is 4.34. The van der Waals surface area contributed by atoms with Gasteiger partial charge in [0.05, 0.1) is 5.39 Å². The van der Waals surface area contributed by atoms with Crippen molar-refractivity contribution in [1.82, 2.24) is 19.0 Å². The van der Waals surface area contributed by atoms with Gasteiger partial charge in [-0.05, 0) is 25.0 Å². The molecule has 1 aliphatic heterocycles. The molecule has 8 heteroatoms. The van der Waals surface area contributed by atoms with Gasteiger partial charge in [-0.2, -0.15) is 0 Å². The summed E-state index contributed by atoms with van der Waals surface area (Å²) in [4.78, 5) is 42.9. The molecule has 0 aliphatic carbocycles. The Hall–Kier alpha value is -2.48. The maximum Gasteiger partial charge on any atom is 0.332 e. The number of aryl methyl sites for hydroxylation is 2. The zero-order valence-corrected chi connectivity index (χ0v) is 13.4. The van der Waals surface area contributed by atoms with Gasteiger partial charge in [0.15, 0.2) is 0 Å². The number of hydrogen-bond donors (Lipinski definition) is 1. The molecule has 1 amide bonds. The Morgan fingerprint density at radius 3 is 2.61 bits per heavy atom. The number of rotatable bonds is 1. The zero-order chi connectivity index (χ0) is 16.9. The number of hydrogen-bond acceptors (Lipinski definition) is 5. The van der Waals surface area contributed by atoms with Crippen LogP contribution in [-0.2, 0) is 14.1 Å². The van der Waals surface area contributed by atoms with E-state index in [1.807, 2.05) is 0 Å². The molecular formula is C15H19N5O3. The van der Waals surface area contributed by atoms with Crippen molar-refractivity contribution in [2.45, 2.75) is 19.4 Å². The van der Waals surface area contributed by atoms with E-state index in [1.54, 1.807) is 17.9 Å². The number of nitrogens with zero attached hydrogens (tertiary/aromatic N) is 4. The minimum atomic E-state index is -0.470. The van der Waals surface area contributed by atoms with Gasteiger partial charge in [0, 0.05) is 33.2 Å². The highest BCUT2D eigenvalue weighted by atomic mass is 16.2. The van der Waals surface area contributed by atoms with Crippen LogP contribution in [0.2, 0.25) is 0 Å². The molecule has 2 aromatic heterocycles. The van der Waals surface area contributed by atoms with Crippen molar-refractivity contribution < 1.29 is 4.79 Å². The third-order valence-corrected chi connectivity index (χ3v) is 4.34. The van der Waals surface area contributed by atoms with E-state index in [0.29, 0.717) is 24.0 Å². The summed E-state index contributed by atoms with van der Waals surface area (Å²) in [6.07, 6.45) is 0.761. The number of aromatic nitrogens is 3. The Morgan fingerprint density at radius 2 is 2.00 bits per heavy atom. The Bertz CT molecular complexity index is 927. The van der Waals surface area contributed by atoms with E-state index in [0.717, 1.165) is 11.0 Å². The zero-order valence-electron chi connectivity index (χ0n) is 13.4. The molecule has 0 radical (unpaired) electrons. The van der Waals surface area contributed by atoms with Gasteiger partial charge in [-0.25, -0.2) is 9.78 Å². The smallest absolute Gasteiger partial charge is 0.332 e. The number of carbonyl (C=O) groups is 1. The van der Waals surface area contributed by atoms with Crippen LogP contribution in [-0.4, -0.2) is 44.1 Å². The van der Waals surface area contributed by atoms with Crippen molar-refractivity contribution >= 4 is 16.9 Å². The quantitative estimate of drug-likeness (QED) is 0.735. The first-order valence-electron chi connectivity index (χ1n) is 7.43. The topological polar surface area (TPSA) is 103 Å². The fourth-order valence-corrected chi connectivity index (χ4v) is 2.98. The van der Waals surface area contributed by atoms with Crippen molar-refractivity contribution in [3.8, 4) is 0 Å². The van der Waals surface area contributed by atoms with Crippen molar-refractivity contribution in [3.63, 3.8) is 0 Å². The lowest BCUT2D eigenvalue weighted by Gasteiger charge is -2.16. The second-order valence-electron chi connectivity index (χ2n) is 6.03. The van der Waals surface area contributed by atoms with Gasteiger partial charge in [-0.1, -0.05) is 0 Å². The maximum absolute atomic E-state index is 12.6. The van der Waals surface area contributed by atoms with Gasteiger partial charge in [0.1, 0.15) is 11.3 Å². The minimum absolute atomic E-state index is 0.0165. The molecule has 1 aliphatic rings. The summed E-state index contributed by atoms with van der Waals surface area (Å²) >= 11 is 0. The maximum atomic E-state index is 12.6. The SMILES string of the molecule is Cc1cc(C(=O)N2CC[C@@H](N)C2)nc2c1c(=O)n(C)c(=O)n2C. The fraction of sp³-hybridized carbons (Fsp3) is 0.467. The van der Waals surface area contributed by atoms with Gasteiger partial charge in [-0.3, -0.25) is 18.7 Å². The highest BCUT2D eigenvalue weighted by Crippen LogP contribution is 2.16. The van der Waals surface area contributed by atoms with E-state index in [4.69, 9.17) is 5.73 Å². The fourth-order valence-electron chi connectivity index (χ4n) is 2.98. The number of amides is 1. The van der Waals surface area contributed by atoms with Crippen LogP contribution in [0.1, 0.15) is 22.5 Å². The normalized spacial score (nSPS) is 17.9. The van der Waals surface area contributed by atoms with Crippen LogP contribution in [0.25, 0.3) is 11.0 Å². The van der Waals surface area contributed by atoms with E-state index in [1.165, 1.54) is 18.7 Å². The van der Waals surface area contributed by atoms with Crippen LogP contribution < -0.4 is 17.0 Å². The molecule has 2 N–H and O–H groups in total. The first-order valence-corrected chi connectivity index (χ1v) is 7.43. The summed E-state index contributed by atoms with van der Waals surface area (Å²) in [5.41, 5.74) is 6.04. The second kappa shape index (κ2) is 5.31. The molecule has 8 nitrogen and oxygen atoms in total. The van der Waals surface area contributed by atoms with Crippen LogP contribution in [0, 0.1) is 6.92 Å². The lowest BCUT2D eigenvalue weighted by Crippen LogP contribution is -2.38. The Labute approximate surface area is 132 Å². The van der Waals surface area contributed by atoms with Crippen molar-refractivity contribution in [2.24, 2.45) is 19.8 Å². The van der Waals surface area contributed by atoms with Crippen LogP contribution in [0.15, 0.2) is 15.7 Å². The van der Waals surface area contributed by atoms with Crippen molar-refractivity contribution in [1.29, 1.82) is 0 Å². The van der Waals surface area contributed by atoms with E-state index >= 15 is 0 Å². The standard InChI is InChI=1S/C15H19N5O3/c1-8-6-10(13(21)20-5-4-9(16)7-20)17-12-11(8)14(22)19(3)15(23)18(12)2/h6,9H,4-5,7,16H2,1-3H3/t9-/m1/s1. The molecule has 23 heavy (non-hydrogen) atoms. The molecule has 2 aromatic rings. The van der Waals surface area contributed by atoms with Crippen LogP contribution in [0.3, 0.4) is 0 Å². The highest BCUT2D eigenvalue weighted by Gasteiger charge is 2.26. The number of pyridine rings is 1. The van der Waals surface area contributed by atoms with E-state index in [2.05, 4.69) is 4.98 Å². The van der Waals surface area contributed by atoms with Gasteiger partial charge in [0.25, 0.3) is 11.5 Å². The minimum Gasteiger partial charge on any atom is -0.336 e. The summed E-state index contributed by atoms with van der Waals surface area (Å²) in [5.74, 6) is -0.226. The Balaban J connectivity index is 2.20. The number of likely N-dealkylation sites (tertiary alicyclic amines) is 1. The largest absolute Gasteiger partial charge is 0.336 e. The molecule has 1 saturated heterocycles. The van der Waals surface area contributed by atoms with Crippen molar-refractivity contribution in [3.05, 3.63) is 38.2 Å². The highest BCUT2D eigenvalue weighted by molar-refractivity contribution is 5.95. The second-order valence-corrected chi connectivity index (χ2v) is 6.03. The van der Waals surface area contributed by atoms with Crippen LogP contribution in [0.4, 0.5) is 0 Å². The van der Waals surface area contributed by atoms with Gasteiger partial charge in [0.2, 0.25) is 0 Å². The average Bonchev–Trinajstić information content (AvgIpc) is 2.95. The van der Waals surface area contributed by atoms with E-state index in [-0.39, 0.29) is 23.3 Å². The lowest BCUT2D eigenvalue weighted by molar-refractivity contribution is 0.0785. The summed E-state index contributed by atoms with van der Waals surface area (Å²) in [6, 6.07) is 1.58. The van der Waals surface area contributed by atoms with Crippen molar-refractivity contribution in [2.75, 3.05) is 13.1 Å². The number of carbonyl (C=O) groups excluding carboxylic acids is 1. The lowest BCUT2D eigenvalue weighted by atomic mass is 10.1. The number of nitrogens with two attached hydrogens (primary N) is 1. The molecule has 0 spiro atoms. The third kappa shape index (κ3) is 2.35.